The third-order valence-electron chi connectivity index (χ3n) is 2.90. The van der Waals surface area contributed by atoms with Gasteiger partial charge in [0.1, 0.15) is 0 Å². The number of amides is 2. The summed E-state index contributed by atoms with van der Waals surface area (Å²) in [6, 6.07) is 0. The highest BCUT2D eigenvalue weighted by molar-refractivity contribution is 7.94. The van der Waals surface area contributed by atoms with Gasteiger partial charge < -0.3 is 10.6 Å². The molecule has 0 aliphatic heterocycles. The van der Waals surface area contributed by atoms with Gasteiger partial charge in [-0.3, -0.25) is 14.1 Å². The highest BCUT2D eigenvalue weighted by Crippen LogP contribution is 1.97. The maximum Gasteiger partial charge on any atom is 0.397 e. The molecule has 0 unspecified atom stereocenters. The van der Waals surface area contributed by atoms with Crippen LogP contribution in [0.4, 0.5) is 0 Å². The Balaban J connectivity index is 3.97. The SMILES string of the molecule is C=CS(=O)(=O)CCC(=O)NCCNC(=O)CCS(=O)(=O)CCOS(=O)(=O)O. The third-order valence-corrected chi connectivity index (χ3v) is 6.26. The van der Waals surface area contributed by atoms with Gasteiger partial charge in [-0.1, -0.05) is 6.58 Å². The van der Waals surface area contributed by atoms with Crippen molar-refractivity contribution in [2.24, 2.45) is 0 Å². The largest absolute Gasteiger partial charge is 0.397 e. The first-order valence-electron chi connectivity index (χ1n) is 7.47. The van der Waals surface area contributed by atoms with Crippen LogP contribution in [0.15, 0.2) is 12.0 Å². The number of nitrogens with one attached hydrogen (secondary N) is 2. The van der Waals surface area contributed by atoms with Crippen LogP contribution in [0, 0.1) is 0 Å². The van der Waals surface area contributed by atoms with Gasteiger partial charge in [0.2, 0.25) is 11.8 Å². The molecule has 0 spiro atoms. The van der Waals surface area contributed by atoms with Gasteiger partial charge in [0, 0.05) is 31.3 Å². The Labute approximate surface area is 158 Å². The van der Waals surface area contributed by atoms with Crippen LogP contribution in [0.5, 0.6) is 0 Å². The van der Waals surface area contributed by atoms with Crippen molar-refractivity contribution in [3.8, 4) is 0 Å². The molecule has 0 aliphatic rings. The lowest BCUT2D eigenvalue weighted by atomic mass is 10.4. The van der Waals surface area contributed by atoms with Crippen LogP contribution in [0.2, 0.25) is 0 Å². The standard InChI is InChI=1S/C12H22N2O10S3/c1-2-25(17,18)8-3-11(15)13-5-6-14-12(16)4-9-26(19,20)10-7-24-27(21,22)23/h2H,1,3-10H2,(H,13,15)(H,14,16)(H,21,22,23). The molecule has 15 heteroatoms. The van der Waals surface area contributed by atoms with Crippen molar-refractivity contribution >= 4 is 41.9 Å². The predicted octanol–water partition coefficient (Wildman–Crippen LogP) is -2.21. The first kappa shape index (κ1) is 25.4. The molecule has 3 N–H and O–H groups in total. The smallest absolute Gasteiger partial charge is 0.354 e. The second-order valence-corrected chi connectivity index (χ2v) is 10.6. The maximum absolute atomic E-state index is 11.6. The molecule has 0 radical (unpaired) electrons. The van der Waals surface area contributed by atoms with Crippen LogP contribution < -0.4 is 10.6 Å². The van der Waals surface area contributed by atoms with Crippen LogP contribution >= 0.6 is 0 Å². The van der Waals surface area contributed by atoms with Crippen molar-refractivity contribution in [2.75, 3.05) is 37.0 Å². The topological polar surface area (TPSA) is 190 Å². The quantitative estimate of drug-likeness (QED) is 0.193. The number of carbonyl (C=O) groups excluding carboxylic acids is 2. The molecule has 0 aromatic carbocycles. The van der Waals surface area contributed by atoms with Crippen LogP contribution in [0.25, 0.3) is 0 Å². The fourth-order valence-corrected chi connectivity index (χ4v) is 3.59. The summed E-state index contributed by atoms with van der Waals surface area (Å²) in [5, 5.41) is 5.49. The zero-order chi connectivity index (χ0) is 21.1. The fraction of sp³-hybridized carbons (Fsp3) is 0.667. The predicted molar refractivity (Wildman–Crippen MR) is 95.4 cm³/mol. The summed E-state index contributed by atoms with van der Waals surface area (Å²) in [5.74, 6) is -2.77. The van der Waals surface area contributed by atoms with E-state index in [0.29, 0.717) is 0 Å². The monoisotopic (exact) mass is 450 g/mol. The van der Waals surface area contributed by atoms with Crippen molar-refractivity contribution in [2.45, 2.75) is 12.8 Å². The average molecular weight is 451 g/mol. The number of sulfone groups is 2. The Bertz CT molecular complexity index is 831. The number of carbonyl (C=O) groups is 2. The van der Waals surface area contributed by atoms with E-state index >= 15 is 0 Å². The van der Waals surface area contributed by atoms with E-state index in [-0.39, 0.29) is 31.7 Å². The molecule has 158 valence electrons. The lowest BCUT2D eigenvalue weighted by Gasteiger charge is -2.07. The Morgan fingerprint density at radius 2 is 1.37 bits per heavy atom. The maximum atomic E-state index is 11.6. The first-order chi connectivity index (χ1) is 12.3. The first-order valence-corrected chi connectivity index (χ1v) is 12.4. The number of hydrogen-bond acceptors (Lipinski definition) is 9. The van der Waals surface area contributed by atoms with Gasteiger partial charge in [-0.2, -0.15) is 8.42 Å². The molecule has 27 heavy (non-hydrogen) atoms. The lowest BCUT2D eigenvalue weighted by Crippen LogP contribution is -2.35. The lowest BCUT2D eigenvalue weighted by molar-refractivity contribution is -0.122. The van der Waals surface area contributed by atoms with Crippen LogP contribution in [0.3, 0.4) is 0 Å². The molecule has 0 aromatic heterocycles. The van der Waals surface area contributed by atoms with E-state index in [0.717, 1.165) is 5.41 Å². The summed E-state index contributed by atoms with van der Waals surface area (Å²) in [4.78, 5) is 22.9. The number of rotatable bonds is 14. The summed E-state index contributed by atoms with van der Waals surface area (Å²) >= 11 is 0. The van der Waals surface area contributed by atoms with Crippen LogP contribution in [0.1, 0.15) is 12.8 Å². The second-order valence-electron chi connectivity index (χ2n) is 5.14. The van der Waals surface area contributed by atoms with Crippen LogP contribution in [-0.2, 0) is 43.8 Å². The molecule has 0 saturated heterocycles. The summed E-state index contributed by atoms with van der Waals surface area (Å²) in [6.07, 6.45) is -0.647. The van der Waals surface area contributed by atoms with Gasteiger partial charge in [0.15, 0.2) is 19.7 Å². The van der Waals surface area contributed by atoms with Gasteiger partial charge in [0.25, 0.3) is 0 Å². The highest BCUT2D eigenvalue weighted by atomic mass is 32.3. The molecule has 0 bridgehead atoms. The molecule has 0 aliphatic carbocycles. The molecule has 12 nitrogen and oxygen atoms in total. The summed E-state index contributed by atoms with van der Waals surface area (Å²) in [5.41, 5.74) is 0. The van der Waals surface area contributed by atoms with E-state index in [1.54, 1.807) is 0 Å². The molecule has 0 rings (SSSR count). The molecule has 2 amide bonds. The highest BCUT2D eigenvalue weighted by Gasteiger charge is 2.16. The van der Waals surface area contributed by atoms with E-state index in [9.17, 15) is 34.8 Å². The van der Waals surface area contributed by atoms with Gasteiger partial charge in [-0.25, -0.2) is 21.0 Å². The summed E-state index contributed by atoms with van der Waals surface area (Å²) in [7, 11) is -12.0. The van der Waals surface area contributed by atoms with Crippen molar-refractivity contribution < 1.29 is 43.6 Å². The molecule has 0 heterocycles. The van der Waals surface area contributed by atoms with Gasteiger partial charge in [0.05, 0.1) is 23.9 Å². The Hall–Kier alpha value is -1.55. The third kappa shape index (κ3) is 15.2. The van der Waals surface area contributed by atoms with E-state index < -0.39 is 60.0 Å². The van der Waals surface area contributed by atoms with Gasteiger partial charge in [-0.05, 0) is 0 Å². The molecule has 0 aromatic rings. The minimum atomic E-state index is -4.73. The van der Waals surface area contributed by atoms with Gasteiger partial charge >= 0.3 is 10.4 Å². The molecule has 0 atom stereocenters. The van der Waals surface area contributed by atoms with E-state index in [1.807, 2.05) is 0 Å². The second kappa shape index (κ2) is 11.3. The zero-order valence-corrected chi connectivity index (χ0v) is 16.7. The van der Waals surface area contributed by atoms with Crippen molar-refractivity contribution in [1.82, 2.24) is 10.6 Å². The van der Waals surface area contributed by atoms with Crippen molar-refractivity contribution in [3.05, 3.63) is 12.0 Å². The molecule has 0 saturated carbocycles. The summed E-state index contributed by atoms with van der Waals surface area (Å²) < 4.78 is 78.2. The number of hydrogen-bond donors (Lipinski definition) is 3. The average Bonchev–Trinajstić information content (AvgIpc) is 2.54. The zero-order valence-electron chi connectivity index (χ0n) is 14.3. The fourth-order valence-electron chi connectivity index (χ4n) is 1.52. The van der Waals surface area contributed by atoms with Crippen molar-refractivity contribution in [1.29, 1.82) is 0 Å². The minimum absolute atomic E-state index is 0.00466. The van der Waals surface area contributed by atoms with Crippen LogP contribution in [-0.4, -0.2) is 78.6 Å². The molecular weight excluding hydrogens is 428 g/mol. The van der Waals surface area contributed by atoms with E-state index in [1.165, 1.54) is 0 Å². The molecule has 0 fully saturated rings. The minimum Gasteiger partial charge on any atom is -0.354 e. The Morgan fingerprint density at radius 3 is 1.81 bits per heavy atom. The Kier molecular flexibility index (Phi) is 10.7. The molecular formula is C12H22N2O10S3. The Morgan fingerprint density at radius 1 is 0.889 bits per heavy atom. The van der Waals surface area contributed by atoms with E-state index in [4.69, 9.17) is 4.55 Å². The normalized spacial score (nSPS) is 12.3. The van der Waals surface area contributed by atoms with Crippen molar-refractivity contribution in [3.63, 3.8) is 0 Å². The summed E-state index contributed by atoms with van der Waals surface area (Å²) in [6.45, 7) is 2.37. The van der Waals surface area contributed by atoms with Gasteiger partial charge in [-0.15, -0.1) is 0 Å². The van der Waals surface area contributed by atoms with E-state index in [2.05, 4.69) is 21.4 Å².